The maximum Gasteiger partial charge on any atom is 0.471 e. The van der Waals surface area contributed by atoms with Gasteiger partial charge < -0.3 is 21.3 Å². The van der Waals surface area contributed by atoms with Gasteiger partial charge in [0.15, 0.2) is 0 Å². The monoisotopic (exact) mass is 475 g/mol. The van der Waals surface area contributed by atoms with Gasteiger partial charge in [-0.05, 0) is 30.6 Å². The third-order valence-electron chi connectivity index (χ3n) is 5.16. The van der Waals surface area contributed by atoms with Crippen molar-refractivity contribution in [2.75, 3.05) is 6.54 Å². The fourth-order valence-corrected chi connectivity index (χ4v) is 3.42. The Morgan fingerprint density at radius 1 is 1.12 bits per heavy atom. The molecule has 186 valence electrons. The van der Waals surface area contributed by atoms with Crippen molar-refractivity contribution in [3.05, 3.63) is 0 Å². The number of hydrogen-bond donors (Lipinski definition) is 4. The number of nitrogens with zero attached hydrogens (tertiary/aromatic N) is 1. The van der Waals surface area contributed by atoms with E-state index >= 15 is 0 Å². The van der Waals surface area contributed by atoms with Crippen LogP contribution in [0.1, 0.15) is 53.9 Å². The Bertz CT molecular complexity index is 786. The molecule has 4 amide bonds. The highest BCUT2D eigenvalue weighted by Gasteiger charge is 2.44. The molecule has 9 nitrogen and oxygen atoms in total. The maximum atomic E-state index is 12.8. The summed E-state index contributed by atoms with van der Waals surface area (Å²) >= 11 is 0. The van der Waals surface area contributed by atoms with Crippen LogP contribution in [0.2, 0.25) is 0 Å². The summed E-state index contributed by atoms with van der Waals surface area (Å²) in [5.41, 5.74) is -1.09. The molecule has 0 aromatic heterocycles. The number of nitrogens with one attached hydrogen (secondary N) is 4. The Morgan fingerprint density at radius 2 is 1.73 bits per heavy atom. The largest absolute Gasteiger partial charge is 0.471 e. The zero-order valence-electron chi connectivity index (χ0n) is 19.4. The smallest absolute Gasteiger partial charge is 0.356 e. The van der Waals surface area contributed by atoms with Crippen molar-refractivity contribution in [3.63, 3.8) is 0 Å². The summed E-state index contributed by atoms with van der Waals surface area (Å²) < 4.78 is 38.2. The number of carbonyl (C=O) groups is 4. The van der Waals surface area contributed by atoms with E-state index in [4.69, 9.17) is 0 Å². The molecule has 1 saturated heterocycles. The van der Waals surface area contributed by atoms with Gasteiger partial charge >= 0.3 is 12.1 Å². The molecule has 0 radical (unpaired) electrons. The van der Waals surface area contributed by atoms with Crippen molar-refractivity contribution >= 4 is 23.6 Å². The normalized spacial score (nSPS) is 19.2. The van der Waals surface area contributed by atoms with Crippen molar-refractivity contribution in [1.82, 2.24) is 21.3 Å². The molecule has 1 rings (SSSR count). The van der Waals surface area contributed by atoms with Gasteiger partial charge in [-0.25, -0.2) is 0 Å². The molecule has 0 aromatic carbocycles. The van der Waals surface area contributed by atoms with E-state index in [1.807, 2.05) is 6.07 Å². The lowest BCUT2D eigenvalue weighted by atomic mass is 9.85. The van der Waals surface area contributed by atoms with Gasteiger partial charge in [0.25, 0.3) is 0 Å². The van der Waals surface area contributed by atoms with E-state index < -0.39 is 53.4 Å². The first-order chi connectivity index (χ1) is 15.1. The molecule has 0 unspecified atom stereocenters. The molecule has 33 heavy (non-hydrogen) atoms. The summed E-state index contributed by atoms with van der Waals surface area (Å²) in [5, 5.41) is 18.7. The van der Waals surface area contributed by atoms with Gasteiger partial charge in [0.1, 0.15) is 18.1 Å². The van der Waals surface area contributed by atoms with Crippen molar-refractivity contribution in [3.8, 4) is 6.07 Å². The second kappa shape index (κ2) is 11.3. The van der Waals surface area contributed by atoms with Crippen molar-refractivity contribution in [1.29, 1.82) is 5.26 Å². The first-order valence-corrected chi connectivity index (χ1v) is 10.7. The number of alkyl halides is 3. The first kappa shape index (κ1) is 28.2. The van der Waals surface area contributed by atoms with Gasteiger partial charge in [-0.2, -0.15) is 18.4 Å². The van der Waals surface area contributed by atoms with Crippen LogP contribution in [0.25, 0.3) is 0 Å². The first-order valence-electron chi connectivity index (χ1n) is 10.7. The minimum atomic E-state index is -5.18. The van der Waals surface area contributed by atoms with E-state index in [9.17, 15) is 37.6 Å². The number of carbonyl (C=O) groups excluding carboxylic acids is 4. The second-order valence-electron chi connectivity index (χ2n) is 9.66. The Labute approximate surface area is 191 Å². The molecule has 0 spiro atoms. The van der Waals surface area contributed by atoms with Crippen LogP contribution in [0.15, 0.2) is 0 Å². The number of hydrogen-bond acceptors (Lipinski definition) is 5. The predicted molar refractivity (Wildman–Crippen MR) is 112 cm³/mol. The van der Waals surface area contributed by atoms with E-state index in [2.05, 4.69) is 16.0 Å². The molecule has 4 N–H and O–H groups in total. The molecule has 1 fully saturated rings. The van der Waals surface area contributed by atoms with Gasteiger partial charge in [0.2, 0.25) is 17.7 Å². The maximum absolute atomic E-state index is 12.8. The van der Waals surface area contributed by atoms with Gasteiger partial charge in [0, 0.05) is 12.5 Å². The van der Waals surface area contributed by atoms with Crippen molar-refractivity contribution < 1.29 is 32.3 Å². The minimum Gasteiger partial charge on any atom is -0.356 e. The average molecular weight is 476 g/mol. The molecule has 1 aliphatic heterocycles. The van der Waals surface area contributed by atoms with Crippen LogP contribution >= 0.6 is 0 Å². The fraction of sp³-hybridized carbons (Fsp3) is 0.762. The summed E-state index contributed by atoms with van der Waals surface area (Å²) in [5.74, 6) is -4.62. The molecule has 0 aliphatic carbocycles. The van der Waals surface area contributed by atoms with Crippen LogP contribution in [-0.4, -0.2) is 54.5 Å². The number of rotatable bonds is 9. The highest BCUT2D eigenvalue weighted by molar-refractivity contribution is 5.93. The van der Waals surface area contributed by atoms with Gasteiger partial charge in [-0.15, -0.1) is 0 Å². The van der Waals surface area contributed by atoms with Crippen molar-refractivity contribution in [2.45, 2.75) is 78.2 Å². The number of nitriles is 1. The van der Waals surface area contributed by atoms with Crippen LogP contribution in [0, 0.1) is 28.6 Å². The highest BCUT2D eigenvalue weighted by atomic mass is 19.4. The fourth-order valence-electron chi connectivity index (χ4n) is 3.42. The molecular formula is C21H32F3N5O4. The third kappa shape index (κ3) is 8.90. The van der Waals surface area contributed by atoms with Gasteiger partial charge in [0.05, 0.1) is 6.07 Å². The molecule has 0 saturated carbocycles. The van der Waals surface area contributed by atoms with Crippen LogP contribution in [0.4, 0.5) is 13.2 Å². The summed E-state index contributed by atoms with van der Waals surface area (Å²) in [6, 6.07) is -1.78. The topological polar surface area (TPSA) is 140 Å². The predicted octanol–water partition coefficient (Wildman–Crippen LogP) is 1.15. The standard InChI is InChI=1S/C21H32F3N5O4/c1-11(2)8-14(17(31)27-13(10-25)9-12-6-7-26-16(12)30)28-18(32)15(20(3,4)5)29-19(33)21(22,23)24/h11-15H,6-9H2,1-5H3,(H,26,30)(H,27,31)(H,28,32)(H,29,33)/t12-,13-,14-,15+/m0/s1. The van der Waals surface area contributed by atoms with Crippen LogP contribution < -0.4 is 21.3 Å². The molecule has 12 heteroatoms. The van der Waals surface area contributed by atoms with E-state index in [0.717, 1.165) is 0 Å². The quantitative estimate of drug-likeness (QED) is 0.396. The SMILES string of the molecule is CC(C)C[C@H](NC(=O)[C@@H](NC(=O)C(F)(F)F)C(C)(C)C)C(=O)N[C@H](C#N)C[C@@H]1CCNC1=O. The molecule has 1 aliphatic rings. The zero-order valence-corrected chi connectivity index (χ0v) is 19.4. The van der Waals surface area contributed by atoms with Crippen molar-refractivity contribution in [2.24, 2.45) is 17.3 Å². The Hall–Kier alpha value is -2.84. The summed E-state index contributed by atoms with van der Waals surface area (Å²) in [4.78, 5) is 48.9. The summed E-state index contributed by atoms with van der Waals surface area (Å²) in [7, 11) is 0. The number of halogens is 3. The summed E-state index contributed by atoms with van der Waals surface area (Å²) in [6.07, 6.45) is -4.40. The molecule has 1 heterocycles. The Morgan fingerprint density at radius 3 is 2.15 bits per heavy atom. The van der Waals surface area contributed by atoms with E-state index in [1.54, 1.807) is 19.2 Å². The molecule has 0 bridgehead atoms. The van der Waals surface area contributed by atoms with Crippen LogP contribution in [0.3, 0.4) is 0 Å². The zero-order chi connectivity index (χ0) is 25.6. The highest BCUT2D eigenvalue weighted by Crippen LogP contribution is 2.23. The average Bonchev–Trinajstić information content (AvgIpc) is 3.06. The summed E-state index contributed by atoms with van der Waals surface area (Å²) in [6.45, 7) is 8.48. The lowest BCUT2D eigenvalue weighted by Crippen LogP contribution is -2.60. The van der Waals surface area contributed by atoms with Gasteiger partial charge in [-0.1, -0.05) is 34.6 Å². The lowest BCUT2D eigenvalue weighted by Gasteiger charge is -2.32. The van der Waals surface area contributed by atoms with Crippen LogP contribution in [0.5, 0.6) is 0 Å². The Kier molecular flexibility index (Phi) is 9.69. The second-order valence-corrected chi connectivity index (χ2v) is 9.66. The third-order valence-corrected chi connectivity index (χ3v) is 5.16. The molecule has 4 atom stereocenters. The van der Waals surface area contributed by atoms with Crippen LogP contribution in [-0.2, 0) is 19.2 Å². The van der Waals surface area contributed by atoms with Gasteiger partial charge in [-0.3, -0.25) is 19.2 Å². The lowest BCUT2D eigenvalue weighted by molar-refractivity contribution is -0.175. The van der Waals surface area contributed by atoms with E-state index in [-0.39, 0.29) is 24.7 Å². The molecule has 0 aromatic rings. The van der Waals surface area contributed by atoms with E-state index in [0.29, 0.717) is 13.0 Å². The Balaban J connectivity index is 2.97. The van der Waals surface area contributed by atoms with E-state index in [1.165, 1.54) is 20.8 Å². The molecular weight excluding hydrogens is 443 g/mol. The number of amides is 4. The minimum absolute atomic E-state index is 0.0833.